The van der Waals surface area contributed by atoms with Gasteiger partial charge in [-0.05, 0) is 31.2 Å². The van der Waals surface area contributed by atoms with Gasteiger partial charge in [0.25, 0.3) is 0 Å². The first-order chi connectivity index (χ1) is 9.06. The van der Waals surface area contributed by atoms with Crippen LogP contribution in [-0.2, 0) is 0 Å². The molecule has 0 bridgehead atoms. The number of unbranched alkanes of at least 4 members (excludes halogenated alkanes) is 3. The molecule has 104 valence electrons. The lowest BCUT2D eigenvalue weighted by Gasteiger charge is -2.34. The molecule has 1 aromatic carbocycles. The van der Waals surface area contributed by atoms with Gasteiger partial charge in [-0.25, -0.2) is 0 Å². The molecule has 0 aromatic heterocycles. The Morgan fingerprint density at radius 1 is 1.26 bits per heavy atom. The third-order valence-corrected chi connectivity index (χ3v) is 4.48. The standard InChI is InChI=1S/C17H23ClO/c1-3-4-5-6-9-13-12-17(2,18)16(19)15-11-8-7-10-14(13)15/h7-8,10-11,13H,3-6,9,12H2,1-2H3/t13-,17-/m1/s1. The van der Waals surface area contributed by atoms with Gasteiger partial charge in [-0.3, -0.25) is 4.79 Å². The Bertz CT molecular complexity index is 450. The van der Waals surface area contributed by atoms with Crippen LogP contribution in [0.15, 0.2) is 24.3 Å². The minimum Gasteiger partial charge on any atom is -0.292 e. The molecule has 0 spiro atoms. The van der Waals surface area contributed by atoms with Crippen molar-refractivity contribution >= 4 is 17.4 Å². The lowest BCUT2D eigenvalue weighted by Crippen LogP contribution is -2.36. The second kappa shape index (κ2) is 6.09. The fourth-order valence-electron chi connectivity index (χ4n) is 3.08. The van der Waals surface area contributed by atoms with E-state index in [9.17, 15) is 4.79 Å². The van der Waals surface area contributed by atoms with Crippen molar-refractivity contribution in [2.75, 3.05) is 0 Å². The molecule has 2 atom stereocenters. The van der Waals surface area contributed by atoms with Gasteiger partial charge >= 0.3 is 0 Å². The fraction of sp³-hybridized carbons (Fsp3) is 0.588. The molecule has 1 aliphatic rings. The minimum atomic E-state index is -0.718. The Morgan fingerprint density at radius 2 is 2.00 bits per heavy atom. The van der Waals surface area contributed by atoms with E-state index in [4.69, 9.17) is 11.6 Å². The Kier molecular flexibility index (Phi) is 4.67. The molecule has 1 nitrogen and oxygen atoms in total. The van der Waals surface area contributed by atoms with Gasteiger partial charge in [0, 0.05) is 5.56 Å². The highest BCUT2D eigenvalue weighted by Gasteiger charge is 2.40. The molecule has 0 N–H and O–H groups in total. The maximum atomic E-state index is 12.3. The number of ketones is 1. The first-order valence-corrected chi connectivity index (χ1v) is 7.76. The summed E-state index contributed by atoms with van der Waals surface area (Å²) in [5.74, 6) is 0.530. The van der Waals surface area contributed by atoms with Gasteiger partial charge in [0.15, 0.2) is 5.78 Å². The Balaban J connectivity index is 2.16. The summed E-state index contributed by atoms with van der Waals surface area (Å²) >= 11 is 6.44. The van der Waals surface area contributed by atoms with Crippen LogP contribution in [0.4, 0.5) is 0 Å². The maximum absolute atomic E-state index is 12.3. The number of halogens is 1. The van der Waals surface area contributed by atoms with Crippen LogP contribution in [-0.4, -0.2) is 10.7 Å². The number of fused-ring (bicyclic) bond motifs is 1. The maximum Gasteiger partial charge on any atom is 0.183 e. The smallest absolute Gasteiger partial charge is 0.183 e. The molecule has 2 rings (SSSR count). The molecule has 0 saturated carbocycles. The molecular weight excluding hydrogens is 256 g/mol. The zero-order chi connectivity index (χ0) is 13.9. The van der Waals surface area contributed by atoms with Crippen molar-refractivity contribution in [3.63, 3.8) is 0 Å². The summed E-state index contributed by atoms with van der Waals surface area (Å²) in [4.78, 5) is 11.6. The first kappa shape index (κ1) is 14.6. The van der Waals surface area contributed by atoms with Gasteiger partial charge in [0.2, 0.25) is 0 Å². The topological polar surface area (TPSA) is 17.1 Å². The van der Waals surface area contributed by atoms with E-state index >= 15 is 0 Å². The Labute approximate surface area is 121 Å². The molecule has 1 aliphatic carbocycles. The van der Waals surface area contributed by atoms with Crippen LogP contribution in [0.3, 0.4) is 0 Å². The summed E-state index contributed by atoms with van der Waals surface area (Å²) in [5.41, 5.74) is 2.05. The number of hydrogen-bond donors (Lipinski definition) is 0. The predicted molar refractivity (Wildman–Crippen MR) is 81.1 cm³/mol. The van der Waals surface area contributed by atoms with Crippen molar-refractivity contribution in [1.29, 1.82) is 0 Å². The number of Topliss-reactive ketones (excluding diaryl/α,β-unsaturated/α-hetero) is 1. The van der Waals surface area contributed by atoms with Crippen LogP contribution in [0.25, 0.3) is 0 Å². The second-order valence-electron chi connectivity index (χ2n) is 5.86. The lowest BCUT2D eigenvalue weighted by molar-refractivity contribution is 0.0923. The molecule has 0 aliphatic heterocycles. The van der Waals surface area contributed by atoms with Crippen molar-refractivity contribution in [2.24, 2.45) is 0 Å². The Hall–Kier alpha value is -0.820. The van der Waals surface area contributed by atoms with E-state index in [2.05, 4.69) is 13.0 Å². The third-order valence-electron chi connectivity index (χ3n) is 4.15. The van der Waals surface area contributed by atoms with Crippen LogP contribution in [0.2, 0.25) is 0 Å². The van der Waals surface area contributed by atoms with E-state index in [-0.39, 0.29) is 5.78 Å². The second-order valence-corrected chi connectivity index (χ2v) is 6.70. The van der Waals surface area contributed by atoms with Gasteiger partial charge in [0.1, 0.15) is 4.87 Å². The third kappa shape index (κ3) is 3.20. The summed E-state index contributed by atoms with van der Waals surface area (Å²) in [5, 5.41) is 0. The van der Waals surface area contributed by atoms with Gasteiger partial charge in [-0.15, -0.1) is 11.6 Å². The number of benzene rings is 1. The average molecular weight is 279 g/mol. The number of alkyl halides is 1. The molecule has 0 unspecified atom stereocenters. The van der Waals surface area contributed by atoms with E-state index in [0.717, 1.165) is 18.4 Å². The van der Waals surface area contributed by atoms with Gasteiger partial charge in [-0.1, -0.05) is 56.9 Å². The van der Waals surface area contributed by atoms with Crippen molar-refractivity contribution in [3.05, 3.63) is 35.4 Å². The summed E-state index contributed by atoms with van der Waals surface area (Å²) in [6.45, 7) is 4.09. The largest absolute Gasteiger partial charge is 0.292 e. The van der Waals surface area contributed by atoms with E-state index in [0.29, 0.717) is 5.92 Å². The zero-order valence-corrected chi connectivity index (χ0v) is 12.7. The molecule has 19 heavy (non-hydrogen) atoms. The van der Waals surface area contributed by atoms with E-state index < -0.39 is 4.87 Å². The van der Waals surface area contributed by atoms with Crippen molar-refractivity contribution in [1.82, 2.24) is 0 Å². The molecule has 2 heteroatoms. The molecule has 0 saturated heterocycles. The number of carbonyl (C=O) groups is 1. The first-order valence-electron chi connectivity index (χ1n) is 7.39. The normalized spacial score (nSPS) is 26.3. The fourth-order valence-corrected chi connectivity index (χ4v) is 3.37. The van der Waals surface area contributed by atoms with Crippen LogP contribution in [0.5, 0.6) is 0 Å². The van der Waals surface area contributed by atoms with Crippen molar-refractivity contribution in [3.8, 4) is 0 Å². The number of hydrogen-bond acceptors (Lipinski definition) is 1. The van der Waals surface area contributed by atoms with Crippen LogP contribution in [0.1, 0.15) is 74.2 Å². The molecule has 0 heterocycles. The summed E-state index contributed by atoms with van der Waals surface area (Å²) in [6, 6.07) is 7.99. The van der Waals surface area contributed by atoms with E-state index in [1.165, 1.54) is 31.2 Å². The molecular formula is C17H23ClO. The van der Waals surface area contributed by atoms with Gasteiger partial charge < -0.3 is 0 Å². The summed E-state index contributed by atoms with van der Waals surface area (Å²) in [7, 11) is 0. The number of carbonyl (C=O) groups excluding carboxylic acids is 1. The highest BCUT2D eigenvalue weighted by Crippen LogP contribution is 2.42. The van der Waals surface area contributed by atoms with Crippen molar-refractivity contribution in [2.45, 2.75) is 63.2 Å². The van der Waals surface area contributed by atoms with Crippen LogP contribution >= 0.6 is 11.6 Å². The van der Waals surface area contributed by atoms with Crippen LogP contribution < -0.4 is 0 Å². The monoisotopic (exact) mass is 278 g/mol. The van der Waals surface area contributed by atoms with Crippen molar-refractivity contribution < 1.29 is 4.79 Å². The highest BCUT2D eigenvalue weighted by molar-refractivity contribution is 6.38. The molecule has 0 fully saturated rings. The van der Waals surface area contributed by atoms with E-state index in [1.807, 2.05) is 25.1 Å². The lowest BCUT2D eigenvalue weighted by atomic mass is 9.74. The summed E-state index contributed by atoms with van der Waals surface area (Å²) < 4.78 is 0. The highest BCUT2D eigenvalue weighted by atomic mass is 35.5. The van der Waals surface area contributed by atoms with E-state index in [1.54, 1.807) is 0 Å². The SMILES string of the molecule is CCCCCC[C@@H]1C[C@@](C)(Cl)C(=O)c2ccccc21. The molecule has 0 amide bonds. The summed E-state index contributed by atoms with van der Waals surface area (Å²) in [6.07, 6.45) is 6.98. The average Bonchev–Trinajstić information content (AvgIpc) is 2.40. The molecule has 0 radical (unpaired) electrons. The Morgan fingerprint density at radius 3 is 2.74 bits per heavy atom. The van der Waals surface area contributed by atoms with Crippen LogP contribution in [0, 0.1) is 0 Å². The van der Waals surface area contributed by atoms with Gasteiger partial charge in [-0.2, -0.15) is 0 Å². The molecule has 1 aromatic rings. The van der Waals surface area contributed by atoms with Gasteiger partial charge in [0.05, 0.1) is 0 Å². The quantitative estimate of drug-likeness (QED) is 0.526. The zero-order valence-electron chi connectivity index (χ0n) is 11.9. The minimum absolute atomic E-state index is 0.0922. The number of rotatable bonds is 5. The predicted octanol–water partition coefficient (Wildman–Crippen LogP) is 5.32.